The molecule has 0 aliphatic heterocycles. The molecule has 4 heteroatoms. The second kappa shape index (κ2) is 9.20. The molecule has 2 aliphatic rings. The van der Waals surface area contributed by atoms with Gasteiger partial charge in [-0.05, 0) is 55.0 Å². The second-order valence-corrected chi connectivity index (χ2v) is 9.19. The molecular weight excluding hydrogens is 376 g/mol. The first-order valence-corrected chi connectivity index (χ1v) is 11.5. The van der Waals surface area contributed by atoms with E-state index in [1.165, 1.54) is 12.8 Å². The molecule has 160 valence electrons. The Hall–Kier alpha value is -2.36. The fourth-order valence-electron chi connectivity index (χ4n) is 5.14. The Morgan fingerprint density at radius 1 is 0.700 bits per heavy atom. The fraction of sp³-hybridized carbons (Fsp3) is 0.538. The van der Waals surface area contributed by atoms with Crippen LogP contribution < -0.4 is 9.47 Å². The van der Waals surface area contributed by atoms with Crippen LogP contribution in [0.3, 0.4) is 0 Å². The first-order chi connectivity index (χ1) is 14.5. The number of benzene rings is 2. The van der Waals surface area contributed by atoms with Crippen LogP contribution in [0, 0.1) is 23.7 Å². The summed E-state index contributed by atoms with van der Waals surface area (Å²) in [6.07, 6.45) is 8.40. The first-order valence-electron chi connectivity index (χ1n) is 11.5. The minimum absolute atomic E-state index is 0.0631. The number of ether oxygens (including phenoxy) is 2. The third kappa shape index (κ3) is 4.38. The molecule has 2 aliphatic carbocycles. The predicted octanol–water partition coefficient (Wildman–Crippen LogP) is 6.30. The van der Waals surface area contributed by atoms with E-state index < -0.39 is 0 Å². The van der Waals surface area contributed by atoms with Gasteiger partial charge in [-0.25, -0.2) is 0 Å². The fourth-order valence-corrected chi connectivity index (χ4v) is 5.14. The van der Waals surface area contributed by atoms with Crippen molar-refractivity contribution in [1.82, 2.24) is 0 Å². The molecule has 0 N–H and O–H groups in total. The summed E-state index contributed by atoms with van der Waals surface area (Å²) < 4.78 is 11.8. The highest BCUT2D eigenvalue weighted by Gasteiger charge is 2.31. The van der Waals surface area contributed by atoms with Crippen molar-refractivity contribution >= 4 is 22.7 Å². The van der Waals surface area contributed by atoms with Gasteiger partial charge in [0.25, 0.3) is 0 Å². The molecule has 0 aromatic heterocycles. The Morgan fingerprint density at radius 3 is 1.57 bits per heavy atom. The molecule has 0 heterocycles. The summed E-state index contributed by atoms with van der Waals surface area (Å²) >= 11 is 0. The minimum Gasteiger partial charge on any atom is -0.426 e. The largest absolute Gasteiger partial charge is 0.426 e. The Morgan fingerprint density at radius 2 is 1.13 bits per heavy atom. The lowest BCUT2D eigenvalue weighted by Gasteiger charge is -2.27. The normalized spacial score (nSPS) is 26.9. The van der Waals surface area contributed by atoms with Crippen LogP contribution in [0.4, 0.5) is 0 Å². The van der Waals surface area contributed by atoms with E-state index in [9.17, 15) is 9.59 Å². The molecule has 4 unspecified atom stereocenters. The van der Waals surface area contributed by atoms with E-state index in [2.05, 4.69) is 13.8 Å². The van der Waals surface area contributed by atoms with Crippen molar-refractivity contribution in [3.8, 4) is 11.5 Å². The maximum Gasteiger partial charge on any atom is 0.314 e. The zero-order chi connectivity index (χ0) is 21.1. The first kappa shape index (κ1) is 20.9. The minimum atomic E-state index is -0.170. The lowest BCUT2D eigenvalue weighted by Crippen LogP contribution is -2.29. The Labute approximate surface area is 178 Å². The van der Waals surface area contributed by atoms with Crippen molar-refractivity contribution in [3.63, 3.8) is 0 Å². The van der Waals surface area contributed by atoms with Gasteiger partial charge in [-0.2, -0.15) is 0 Å². The molecule has 0 amide bonds. The summed E-state index contributed by atoms with van der Waals surface area (Å²) in [5.41, 5.74) is 0. The maximum absolute atomic E-state index is 12.9. The van der Waals surface area contributed by atoms with E-state index in [0.29, 0.717) is 28.7 Å². The van der Waals surface area contributed by atoms with Gasteiger partial charge < -0.3 is 9.47 Å². The third-order valence-electron chi connectivity index (χ3n) is 7.08. The van der Waals surface area contributed by atoms with E-state index in [1.807, 2.05) is 24.3 Å². The number of rotatable bonds is 4. The van der Waals surface area contributed by atoms with Gasteiger partial charge >= 0.3 is 11.9 Å². The Balaban J connectivity index is 1.60. The van der Waals surface area contributed by atoms with Gasteiger partial charge in [-0.3, -0.25) is 9.59 Å². The van der Waals surface area contributed by atoms with Crippen molar-refractivity contribution in [1.29, 1.82) is 0 Å². The third-order valence-corrected chi connectivity index (χ3v) is 7.08. The summed E-state index contributed by atoms with van der Waals surface area (Å²) in [5, 5.41) is 1.60. The summed E-state index contributed by atoms with van der Waals surface area (Å²) in [4.78, 5) is 25.8. The second-order valence-electron chi connectivity index (χ2n) is 9.19. The van der Waals surface area contributed by atoms with Crippen molar-refractivity contribution < 1.29 is 19.1 Å². The lowest BCUT2D eigenvalue weighted by atomic mass is 9.80. The van der Waals surface area contributed by atoms with Gasteiger partial charge in [0.15, 0.2) is 0 Å². The topological polar surface area (TPSA) is 52.6 Å². The van der Waals surface area contributed by atoms with Gasteiger partial charge in [0.1, 0.15) is 11.5 Å². The van der Waals surface area contributed by atoms with Gasteiger partial charge in [-0.15, -0.1) is 0 Å². The van der Waals surface area contributed by atoms with E-state index in [0.717, 1.165) is 43.9 Å². The number of hydrogen-bond acceptors (Lipinski definition) is 4. The average molecular weight is 409 g/mol. The van der Waals surface area contributed by atoms with Gasteiger partial charge in [0, 0.05) is 0 Å². The number of esters is 2. The van der Waals surface area contributed by atoms with Crippen molar-refractivity contribution in [3.05, 3.63) is 36.4 Å². The highest BCUT2D eigenvalue weighted by molar-refractivity contribution is 5.97. The molecule has 2 fully saturated rings. The molecule has 0 radical (unpaired) electrons. The van der Waals surface area contributed by atoms with Crippen molar-refractivity contribution in [2.45, 2.75) is 65.2 Å². The summed E-state index contributed by atoms with van der Waals surface area (Å²) in [6, 6.07) is 11.3. The molecular formula is C26H32O4. The quantitative estimate of drug-likeness (QED) is 0.440. The highest BCUT2D eigenvalue weighted by atomic mass is 16.5. The summed E-state index contributed by atoms with van der Waals surface area (Å²) in [5.74, 6) is 1.18. The molecule has 4 atom stereocenters. The predicted molar refractivity (Wildman–Crippen MR) is 117 cm³/mol. The highest BCUT2D eigenvalue weighted by Crippen LogP contribution is 2.38. The van der Waals surface area contributed by atoms with E-state index >= 15 is 0 Å². The SMILES string of the molecule is CC1CCCCC1C(=O)Oc1cccc2cccc(OC(=O)C3CCCCC3C)c12. The number of carbonyl (C=O) groups is 2. The van der Waals surface area contributed by atoms with E-state index in [4.69, 9.17) is 9.47 Å². The van der Waals surface area contributed by atoms with Gasteiger partial charge in [0.2, 0.25) is 0 Å². The molecule has 0 saturated heterocycles. The molecule has 2 saturated carbocycles. The van der Waals surface area contributed by atoms with Crippen LogP contribution in [0.15, 0.2) is 36.4 Å². The molecule has 2 aromatic carbocycles. The van der Waals surface area contributed by atoms with Crippen LogP contribution in [-0.2, 0) is 9.59 Å². The summed E-state index contributed by atoms with van der Waals surface area (Å²) in [6.45, 7) is 4.26. The van der Waals surface area contributed by atoms with Crippen molar-refractivity contribution in [2.75, 3.05) is 0 Å². The molecule has 30 heavy (non-hydrogen) atoms. The lowest BCUT2D eigenvalue weighted by molar-refractivity contribution is -0.142. The molecule has 2 aromatic rings. The maximum atomic E-state index is 12.9. The van der Waals surface area contributed by atoms with Crippen LogP contribution in [0.5, 0.6) is 11.5 Å². The molecule has 0 bridgehead atoms. The summed E-state index contributed by atoms with van der Waals surface area (Å²) in [7, 11) is 0. The molecule has 0 spiro atoms. The van der Waals surface area contributed by atoms with Crippen LogP contribution in [0.25, 0.3) is 10.8 Å². The van der Waals surface area contributed by atoms with Crippen molar-refractivity contribution in [2.24, 2.45) is 23.7 Å². The van der Waals surface area contributed by atoms with Crippen LogP contribution in [0.1, 0.15) is 65.2 Å². The zero-order valence-corrected chi connectivity index (χ0v) is 18.1. The standard InChI is InChI=1S/C26H32O4/c1-17-9-3-5-13-20(17)25(27)29-22-15-7-11-19-12-8-16-23(24(19)22)30-26(28)21-14-6-4-10-18(21)2/h7-8,11-12,15-18,20-21H,3-6,9-10,13-14H2,1-2H3. The van der Waals surface area contributed by atoms with Crippen LogP contribution >= 0.6 is 0 Å². The molecule has 4 nitrogen and oxygen atoms in total. The average Bonchev–Trinajstić information content (AvgIpc) is 2.74. The smallest absolute Gasteiger partial charge is 0.314 e. The monoisotopic (exact) mass is 408 g/mol. The number of carbonyl (C=O) groups excluding carboxylic acids is 2. The Bertz CT molecular complexity index is 848. The Kier molecular flexibility index (Phi) is 6.40. The number of hydrogen-bond donors (Lipinski definition) is 0. The van der Waals surface area contributed by atoms with Gasteiger partial charge in [-0.1, -0.05) is 63.8 Å². The van der Waals surface area contributed by atoms with Crippen LogP contribution in [0.2, 0.25) is 0 Å². The zero-order valence-electron chi connectivity index (χ0n) is 18.1. The van der Waals surface area contributed by atoms with Gasteiger partial charge in [0.05, 0.1) is 17.2 Å². The van der Waals surface area contributed by atoms with E-state index in [-0.39, 0.29) is 23.8 Å². The van der Waals surface area contributed by atoms with Crippen LogP contribution in [-0.4, -0.2) is 11.9 Å². The number of fused-ring (bicyclic) bond motifs is 1. The van der Waals surface area contributed by atoms with E-state index in [1.54, 1.807) is 12.1 Å². The molecule has 4 rings (SSSR count).